The van der Waals surface area contributed by atoms with Crippen molar-refractivity contribution < 1.29 is 4.79 Å². The van der Waals surface area contributed by atoms with Crippen molar-refractivity contribution in [3.63, 3.8) is 0 Å². The van der Waals surface area contributed by atoms with Crippen molar-refractivity contribution in [1.29, 1.82) is 0 Å². The van der Waals surface area contributed by atoms with Gasteiger partial charge < -0.3 is 10.2 Å². The molecule has 3 heteroatoms. The molecule has 0 atom stereocenters. The molecule has 0 aliphatic carbocycles. The first-order valence-electron chi connectivity index (χ1n) is 9.08. The minimum atomic E-state index is -0.467. The van der Waals surface area contributed by atoms with Gasteiger partial charge in [0.1, 0.15) is 0 Å². The number of amides is 1. The number of nitrogens with zero attached hydrogens (tertiary/aromatic N) is 1. The highest BCUT2D eigenvalue weighted by molar-refractivity contribution is 5.95. The average Bonchev–Trinajstić information content (AvgIpc) is 2.58. The first-order chi connectivity index (χ1) is 11.9. The molecular formula is C22H30N2O. The van der Waals surface area contributed by atoms with Gasteiger partial charge in [-0.05, 0) is 56.5 Å². The maximum atomic E-state index is 12.8. The van der Waals surface area contributed by atoms with E-state index in [1.54, 1.807) is 0 Å². The molecule has 3 nitrogen and oxygen atoms in total. The van der Waals surface area contributed by atoms with Gasteiger partial charge in [-0.15, -0.1) is 0 Å². The van der Waals surface area contributed by atoms with E-state index in [0.29, 0.717) is 0 Å². The summed E-state index contributed by atoms with van der Waals surface area (Å²) in [5.41, 5.74) is 3.89. The standard InChI is InChI=1S/C22H30N2O/c1-6-24(7-2)19-13-14-20(17(3)15-19)23-21(25)22(4,5)16-18-11-9-8-10-12-18/h8-15H,6-7,16H2,1-5H3,(H,23,25). The van der Waals surface area contributed by atoms with Gasteiger partial charge in [-0.2, -0.15) is 0 Å². The van der Waals surface area contributed by atoms with Crippen LogP contribution in [0.1, 0.15) is 38.8 Å². The molecule has 0 unspecified atom stereocenters. The van der Waals surface area contributed by atoms with Crippen molar-refractivity contribution in [1.82, 2.24) is 0 Å². The van der Waals surface area contributed by atoms with Gasteiger partial charge in [0.15, 0.2) is 0 Å². The zero-order valence-electron chi connectivity index (χ0n) is 16.1. The minimum Gasteiger partial charge on any atom is -0.372 e. The smallest absolute Gasteiger partial charge is 0.230 e. The predicted molar refractivity (Wildman–Crippen MR) is 107 cm³/mol. The predicted octanol–water partition coefficient (Wildman–Crippen LogP) is 5.05. The topological polar surface area (TPSA) is 32.3 Å². The lowest BCUT2D eigenvalue weighted by atomic mass is 9.84. The number of aryl methyl sites for hydroxylation is 1. The molecular weight excluding hydrogens is 308 g/mol. The van der Waals surface area contributed by atoms with Crippen LogP contribution < -0.4 is 10.2 Å². The molecule has 0 spiro atoms. The maximum Gasteiger partial charge on any atom is 0.230 e. The minimum absolute atomic E-state index is 0.0510. The number of anilines is 2. The van der Waals surface area contributed by atoms with Crippen LogP contribution in [0.15, 0.2) is 48.5 Å². The monoisotopic (exact) mass is 338 g/mol. The second-order valence-corrected chi connectivity index (χ2v) is 7.17. The summed E-state index contributed by atoms with van der Waals surface area (Å²) in [6.45, 7) is 12.3. The Labute approximate surface area is 152 Å². The summed E-state index contributed by atoms with van der Waals surface area (Å²) in [6.07, 6.45) is 0.719. The van der Waals surface area contributed by atoms with E-state index >= 15 is 0 Å². The van der Waals surface area contributed by atoms with Crippen molar-refractivity contribution in [2.75, 3.05) is 23.3 Å². The molecule has 2 rings (SSSR count). The first-order valence-corrected chi connectivity index (χ1v) is 9.08. The van der Waals surface area contributed by atoms with Gasteiger partial charge in [0.05, 0.1) is 0 Å². The molecule has 134 valence electrons. The molecule has 0 heterocycles. The van der Waals surface area contributed by atoms with Gasteiger partial charge in [0.2, 0.25) is 5.91 Å². The summed E-state index contributed by atoms with van der Waals surface area (Å²) in [5, 5.41) is 3.12. The van der Waals surface area contributed by atoms with Crippen LogP contribution in [-0.2, 0) is 11.2 Å². The molecule has 0 saturated heterocycles. The highest BCUT2D eigenvalue weighted by Gasteiger charge is 2.28. The Morgan fingerprint density at radius 3 is 2.24 bits per heavy atom. The lowest BCUT2D eigenvalue weighted by Gasteiger charge is -2.25. The van der Waals surface area contributed by atoms with Gasteiger partial charge in [-0.3, -0.25) is 4.79 Å². The molecule has 1 amide bonds. The van der Waals surface area contributed by atoms with Gasteiger partial charge in [0.25, 0.3) is 0 Å². The third-order valence-electron chi connectivity index (χ3n) is 4.69. The van der Waals surface area contributed by atoms with Crippen LogP contribution in [0.3, 0.4) is 0 Å². The molecule has 0 aliphatic heterocycles. The molecule has 0 aromatic heterocycles. The van der Waals surface area contributed by atoms with E-state index < -0.39 is 5.41 Å². The molecule has 0 fully saturated rings. The van der Waals surface area contributed by atoms with Gasteiger partial charge in [0, 0.05) is 29.9 Å². The normalized spacial score (nSPS) is 11.2. The molecule has 25 heavy (non-hydrogen) atoms. The van der Waals surface area contributed by atoms with Crippen molar-refractivity contribution in [2.24, 2.45) is 5.41 Å². The zero-order chi connectivity index (χ0) is 18.4. The van der Waals surface area contributed by atoms with Crippen molar-refractivity contribution in [3.05, 3.63) is 59.7 Å². The molecule has 0 radical (unpaired) electrons. The van der Waals surface area contributed by atoms with E-state index in [0.717, 1.165) is 30.8 Å². The fourth-order valence-electron chi connectivity index (χ4n) is 3.05. The fraction of sp³-hybridized carbons (Fsp3) is 0.409. The summed E-state index contributed by atoms with van der Waals surface area (Å²) >= 11 is 0. The summed E-state index contributed by atoms with van der Waals surface area (Å²) in [5.74, 6) is 0.0510. The van der Waals surface area contributed by atoms with E-state index in [4.69, 9.17) is 0 Å². The third-order valence-corrected chi connectivity index (χ3v) is 4.69. The number of hydrogen-bond donors (Lipinski definition) is 1. The molecule has 0 aliphatic rings. The van der Waals surface area contributed by atoms with Gasteiger partial charge >= 0.3 is 0 Å². The second-order valence-electron chi connectivity index (χ2n) is 7.17. The lowest BCUT2D eigenvalue weighted by Crippen LogP contribution is -2.33. The number of nitrogens with one attached hydrogen (secondary N) is 1. The highest BCUT2D eigenvalue weighted by Crippen LogP contribution is 2.27. The van der Waals surface area contributed by atoms with Crippen molar-refractivity contribution in [2.45, 2.75) is 41.0 Å². The third kappa shape index (κ3) is 4.85. The number of rotatable bonds is 7. The number of hydrogen-bond acceptors (Lipinski definition) is 2. The van der Waals surface area contributed by atoms with Crippen LogP contribution in [0.2, 0.25) is 0 Å². The maximum absolute atomic E-state index is 12.8. The molecule has 2 aromatic carbocycles. The Kier molecular flexibility index (Phi) is 6.24. The summed E-state index contributed by atoms with van der Waals surface area (Å²) in [4.78, 5) is 15.1. The Hall–Kier alpha value is -2.29. The van der Waals surface area contributed by atoms with E-state index in [2.05, 4.69) is 48.3 Å². The van der Waals surface area contributed by atoms with Crippen molar-refractivity contribution in [3.8, 4) is 0 Å². The first kappa shape index (κ1) is 19.0. The Morgan fingerprint density at radius 1 is 1.04 bits per heavy atom. The quantitative estimate of drug-likeness (QED) is 0.766. The van der Waals surface area contributed by atoms with Crippen LogP contribution in [-0.4, -0.2) is 19.0 Å². The van der Waals surface area contributed by atoms with Crippen molar-refractivity contribution >= 4 is 17.3 Å². The summed E-state index contributed by atoms with van der Waals surface area (Å²) < 4.78 is 0. The highest BCUT2D eigenvalue weighted by atomic mass is 16.2. The SMILES string of the molecule is CCN(CC)c1ccc(NC(=O)C(C)(C)Cc2ccccc2)c(C)c1. The van der Waals surface area contributed by atoms with Gasteiger partial charge in [-0.1, -0.05) is 44.2 Å². The molecule has 2 aromatic rings. The van der Waals surface area contributed by atoms with Gasteiger partial charge in [-0.25, -0.2) is 0 Å². The molecule has 1 N–H and O–H groups in total. The fourth-order valence-corrected chi connectivity index (χ4v) is 3.05. The van der Waals surface area contributed by atoms with Crippen LogP contribution in [0, 0.1) is 12.3 Å². The van der Waals surface area contributed by atoms with Crippen LogP contribution in [0.5, 0.6) is 0 Å². The van der Waals surface area contributed by atoms with Crippen LogP contribution in [0.4, 0.5) is 11.4 Å². The number of carbonyl (C=O) groups is 1. The van der Waals surface area contributed by atoms with E-state index in [1.165, 1.54) is 11.3 Å². The van der Waals surface area contributed by atoms with E-state index in [-0.39, 0.29) is 5.91 Å². The Morgan fingerprint density at radius 2 is 1.68 bits per heavy atom. The van der Waals surface area contributed by atoms with E-state index in [9.17, 15) is 4.79 Å². The van der Waals surface area contributed by atoms with E-state index in [1.807, 2.05) is 45.0 Å². The average molecular weight is 338 g/mol. The largest absolute Gasteiger partial charge is 0.372 e. The molecule has 0 bridgehead atoms. The zero-order valence-corrected chi connectivity index (χ0v) is 16.1. The van der Waals surface area contributed by atoms with Crippen LogP contribution >= 0.6 is 0 Å². The Bertz CT molecular complexity index is 703. The Balaban J connectivity index is 2.11. The number of carbonyl (C=O) groups excluding carboxylic acids is 1. The summed E-state index contributed by atoms with van der Waals surface area (Å²) in [6, 6.07) is 16.4. The summed E-state index contributed by atoms with van der Waals surface area (Å²) in [7, 11) is 0. The second kappa shape index (κ2) is 8.19. The lowest BCUT2D eigenvalue weighted by molar-refractivity contribution is -0.123. The van der Waals surface area contributed by atoms with Crippen LogP contribution in [0.25, 0.3) is 0 Å². The molecule has 0 saturated carbocycles. The number of benzene rings is 2.